The van der Waals surface area contributed by atoms with Crippen molar-refractivity contribution in [3.63, 3.8) is 0 Å². The van der Waals surface area contributed by atoms with Crippen LogP contribution in [0.1, 0.15) is 15.9 Å². The fourth-order valence-corrected chi connectivity index (χ4v) is 4.02. The van der Waals surface area contributed by atoms with E-state index in [1.54, 1.807) is 49.6 Å². The molecule has 3 aromatic rings. The van der Waals surface area contributed by atoms with Crippen LogP contribution in [0, 0.1) is 0 Å². The van der Waals surface area contributed by atoms with Crippen LogP contribution in [0.4, 0.5) is 11.4 Å². The fraction of sp³-hybridized carbons (Fsp3) is 0.0952. The van der Waals surface area contributed by atoms with Crippen LogP contribution in [0.25, 0.3) is 0 Å². The van der Waals surface area contributed by atoms with Crippen molar-refractivity contribution in [3.8, 4) is 0 Å². The van der Waals surface area contributed by atoms with Crippen molar-refractivity contribution in [1.82, 2.24) is 0 Å². The third kappa shape index (κ3) is 5.44. The average Bonchev–Trinajstić information content (AvgIpc) is 2.71. The van der Waals surface area contributed by atoms with E-state index in [0.717, 1.165) is 10.0 Å². The molecule has 8 heteroatoms. The summed E-state index contributed by atoms with van der Waals surface area (Å²) in [5, 5.41) is 2.81. The number of benzene rings is 3. The highest BCUT2D eigenvalue weighted by atomic mass is 79.9. The van der Waals surface area contributed by atoms with Crippen LogP contribution in [-0.2, 0) is 21.4 Å². The number of methoxy groups -OCH3 is 1. The molecule has 150 valence electrons. The van der Waals surface area contributed by atoms with E-state index in [9.17, 15) is 13.2 Å². The SMILES string of the molecule is COCc1ccccc1NC(=O)c1cccc(S(=O)(=O)Nc2ccc(Br)cc2)c1. The molecule has 0 aromatic heterocycles. The largest absolute Gasteiger partial charge is 0.380 e. The Bertz CT molecular complexity index is 1120. The van der Waals surface area contributed by atoms with Crippen molar-refractivity contribution in [3.05, 3.63) is 88.4 Å². The summed E-state index contributed by atoms with van der Waals surface area (Å²) in [5.41, 5.74) is 2.09. The van der Waals surface area contributed by atoms with Gasteiger partial charge in [-0.3, -0.25) is 9.52 Å². The molecule has 0 spiro atoms. The first-order valence-electron chi connectivity index (χ1n) is 8.66. The molecule has 0 fully saturated rings. The Morgan fingerprint density at radius 3 is 2.45 bits per heavy atom. The molecule has 0 aliphatic carbocycles. The average molecular weight is 475 g/mol. The second-order valence-electron chi connectivity index (χ2n) is 6.18. The third-order valence-corrected chi connectivity index (χ3v) is 5.98. The van der Waals surface area contributed by atoms with Crippen molar-refractivity contribution in [1.29, 1.82) is 0 Å². The summed E-state index contributed by atoms with van der Waals surface area (Å²) in [4.78, 5) is 12.7. The van der Waals surface area contributed by atoms with Gasteiger partial charge in [0.15, 0.2) is 0 Å². The second-order valence-corrected chi connectivity index (χ2v) is 8.78. The van der Waals surface area contributed by atoms with Crippen LogP contribution < -0.4 is 10.0 Å². The normalized spacial score (nSPS) is 11.1. The molecule has 0 saturated heterocycles. The standard InChI is InChI=1S/C21H19BrN2O4S/c1-28-14-16-5-2-3-8-20(16)23-21(25)15-6-4-7-19(13-15)29(26,27)24-18-11-9-17(22)10-12-18/h2-13,24H,14H2,1H3,(H,23,25). The number of ether oxygens (including phenoxy) is 1. The summed E-state index contributed by atoms with van der Waals surface area (Å²) in [5.74, 6) is -0.408. The van der Waals surface area contributed by atoms with Gasteiger partial charge in [0.2, 0.25) is 0 Å². The van der Waals surface area contributed by atoms with E-state index in [-0.39, 0.29) is 10.5 Å². The van der Waals surface area contributed by atoms with Crippen molar-refractivity contribution in [2.75, 3.05) is 17.1 Å². The van der Waals surface area contributed by atoms with Crippen molar-refractivity contribution >= 4 is 43.2 Å². The lowest BCUT2D eigenvalue weighted by molar-refractivity contribution is 0.102. The van der Waals surface area contributed by atoms with Gasteiger partial charge in [-0.25, -0.2) is 8.42 Å². The summed E-state index contributed by atoms with van der Waals surface area (Å²) in [7, 11) is -2.26. The van der Waals surface area contributed by atoms with Crippen LogP contribution in [0.15, 0.2) is 82.2 Å². The van der Waals surface area contributed by atoms with Gasteiger partial charge in [0.05, 0.1) is 11.5 Å². The molecule has 6 nitrogen and oxygen atoms in total. The zero-order valence-corrected chi connectivity index (χ0v) is 18.0. The fourth-order valence-electron chi connectivity index (χ4n) is 2.65. The van der Waals surface area contributed by atoms with Gasteiger partial charge >= 0.3 is 0 Å². The number of sulfonamides is 1. The first-order chi connectivity index (χ1) is 13.9. The van der Waals surface area contributed by atoms with Gasteiger partial charge in [-0.1, -0.05) is 40.2 Å². The quantitative estimate of drug-likeness (QED) is 0.521. The molecule has 0 heterocycles. The van der Waals surface area contributed by atoms with Gasteiger partial charge in [0.1, 0.15) is 0 Å². The minimum absolute atomic E-state index is 0.00162. The highest BCUT2D eigenvalue weighted by Crippen LogP contribution is 2.21. The number of hydrogen-bond donors (Lipinski definition) is 2. The maximum Gasteiger partial charge on any atom is 0.261 e. The van der Waals surface area contributed by atoms with Gasteiger partial charge in [-0.05, 0) is 48.5 Å². The molecule has 0 unspecified atom stereocenters. The Labute approximate surface area is 178 Å². The van der Waals surface area contributed by atoms with Crippen LogP contribution >= 0.6 is 15.9 Å². The number of para-hydroxylation sites is 1. The molecule has 2 N–H and O–H groups in total. The molecule has 1 amide bonds. The number of hydrogen-bond acceptors (Lipinski definition) is 4. The Hall–Kier alpha value is -2.68. The number of carbonyl (C=O) groups excluding carboxylic acids is 1. The molecule has 0 atom stereocenters. The topological polar surface area (TPSA) is 84.5 Å². The second kappa shape index (κ2) is 9.21. The van der Waals surface area contributed by atoms with E-state index in [1.807, 2.05) is 12.1 Å². The minimum Gasteiger partial charge on any atom is -0.380 e. The molecule has 0 saturated carbocycles. The lowest BCUT2D eigenvalue weighted by atomic mass is 10.1. The van der Waals surface area contributed by atoms with Gasteiger partial charge in [0.25, 0.3) is 15.9 Å². The summed E-state index contributed by atoms with van der Waals surface area (Å²) >= 11 is 3.31. The van der Waals surface area contributed by atoms with Gasteiger partial charge in [-0.15, -0.1) is 0 Å². The zero-order valence-electron chi connectivity index (χ0n) is 15.6. The van der Waals surface area contributed by atoms with Gasteiger partial charge < -0.3 is 10.1 Å². The Morgan fingerprint density at radius 2 is 1.72 bits per heavy atom. The molecule has 29 heavy (non-hydrogen) atoms. The zero-order chi connectivity index (χ0) is 20.9. The Morgan fingerprint density at radius 1 is 1.00 bits per heavy atom. The molecule has 3 rings (SSSR count). The van der Waals surface area contributed by atoms with Crippen LogP contribution in [0.5, 0.6) is 0 Å². The van der Waals surface area contributed by atoms with E-state index in [2.05, 4.69) is 26.0 Å². The lowest BCUT2D eigenvalue weighted by Crippen LogP contribution is -2.16. The van der Waals surface area contributed by atoms with E-state index < -0.39 is 15.9 Å². The Balaban J connectivity index is 1.81. The minimum atomic E-state index is -3.84. The number of halogens is 1. The maximum atomic E-state index is 12.7. The third-order valence-electron chi connectivity index (χ3n) is 4.07. The summed E-state index contributed by atoms with van der Waals surface area (Å²) in [6.45, 7) is 0.349. The molecular weight excluding hydrogens is 456 g/mol. The number of amides is 1. The first-order valence-corrected chi connectivity index (χ1v) is 10.9. The molecule has 3 aromatic carbocycles. The summed E-state index contributed by atoms with van der Waals surface area (Å²) in [6.07, 6.45) is 0. The molecular formula is C21H19BrN2O4S. The van der Waals surface area contributed by atoms with Gasteiger partial charge in [0, 0.05) is 34.1 Å². The van der Waals surface area contributed by atoms with Crippen molar-refractivity contribution in [2.24, 2.45) is 0 Å². The van der Waals surface area contributed by atoms with E-state index >= 15 is 0 Å². The van der Waals surface area contributed by atoms with Crippen LogP contribution in [-0.4, -0.2) is 21.4 Å². The van der Waals surface area contributed by atoms with Crippen molar-refractivity contribution < 1.29 is 17.9 Å². The van der Waals surface area contributed by atoms with E-state index in [0.29, 0.717) is 18.0 Å². The van der Waals surface area contributed by atoms with Gasteiger partial charge in [-0.2, -0.15) is 0 Å². The monoisotopic (exact) mass is 474 g/mol. The van der Waals surface area contributed by atoms with Crippen molar-refractivity contribution in [2.45, 2.75) is 11.5 Å². The smallest absolute Gasteiger partial charge is 0.261 e. The number of rotatable bonds is 7. The first kappa shape index (κ1) is 21.0. The maximum absolute atomic E-state index is 12.7. The highest BCUT2D eigenvalue weighted by Gasteiger charge is 2.17. The highest BCUT2D eigenvalue weighted by molar-refractivity contribution is 9.10. The molecule has 0 bridgehead atoms. The summed E-state index contributed by atoms with van der Waals surface area (Å²) < 4.78 is 33.9. The summed E-state index contributed by atoms with van der Waals surface area (Å²) in [6, 6.07) is 19.9. The number of anilines is 2. The van der Waals surface area contributed by atoms with Crippen LogP contribution in [0.2, 0.25) is 0 Å². The predicted octanol–water partition coefficient (Wildman–Crippen LogP) is 4.65. The van der Waals surface area contributed by atoms with E-state index in [4.69, 9.17) is 4.74 Å². The number of carbonyl (C=O) groups is 1. The molecule has 0 radical (unpaired) electrons. The predicted molar refractivity (Wildman–Crippen MR) is 117 cm³/mol. The molecule has 0 aliphatic heterocycles. The number of nitrogens with one attached hydrogen (secondary N) is 2. The Kier molecular flexibility index (Phi) is 6.68. The van der Waals surface area contributed by atoms with Crippen LogP contribution in [0.3, 0.4) is 0 Å². The molecule has 0 aliphatic rings. The lowest BCUT2D eigenvalue weighted by Gasteiger charge is -2.12. The van der Waals surface area contributed by atoms with E-state index in [1.165, 1.54) is 18.2 Å².